The van der Waals surface area contributed by atoms with Crippen molar-refractivity contribution < 1.29 is 9.53 Å². The van der Waals surface area contributed by atoms with E-state index in [4.69, 9.17) is 11.2 Å². The quantitative estimate of drug-likeness (QED) is 0.507. The molecule has 0 aliphatic heterocycles. The third kappa shape index (κ3) is 7.83. The van der Waals surface area contributed by atoms with Crippen molar-refractivity contribution in [2.75, 3.05) is 0 Å². The summed E-state index contributed by atoms with van der Waals surface area (Å²) in [5.41, 5.74) is 4.17. The fourth-order valence-electron chi connectivity index (χ4n) is 2.91. The lowest BCUT2D eigenvalue weighted by Crippen LogP contribution is -1.96. The number of hydrogen-bond donors (Lipinski definition) is 0. The summed E-state index contributed by atoms with van der Waals surface area (Å²) in [6.07, 6.45) is 7.42. The molecular weight excluding hydrogens is 464 g/mol. The van der Waals surface area contributed by atoms with Crippen LogP contribution >= 0.6 is 0 Å². The van der Waals surface area contributed by atoms with Gasteiger partial charge < -0.3 is 4.74 Å². The molecule has 2 nitrogen and oxygen atoms in total. The molecule has 1 aliphatic rings. The smallest absolute Gasteiger partial charge is 0.194 e. The second-order valence-corrected chi connectivity index (χ2v) is 6.81. The molecule has 0 amide bonds. The summed E-state index contributed by atoms with van der Waals surface area (Å²) in [5, 5.41) is 0. The molecule has 0 heterocycles. The Hall–Kier alpha value is -6.93. The van der Waals surface area contributed by atoms with Gasteiger partial charge in [-0.05, 0) is 89.7 Å². The number of hydrogen-bond acceptors (Lipinski definition) is 2. The highest BCUT2D eigenvalue weighted by atomic mass is 16.5. The van der Waals surface area contributed by atoms with Crippen LogP contribution in [0.25, 0.3) is 11.1 Å². The SMILES string of the molecule is C#CC#CC#CC#CC#CC#CC#CC#CC#CC#CC#COc1ccc2c(c1)C(=O)c1cc(C)ccc1-2. The van der Waals surface area contributed by atoms with Crippen molar-refractivity contribution in [3.05, 3.63) is 53.1 Å². The summed E-state index contributed by atoms with van der Waals surface area (Å²) in [7, 11) is 0. The van der Waals surface area contributed by atoms with Gasteiger partial charge in [-0.2, -0.15) is 0 Å². The van der Waals surface area contributed by atoms with Gasteiger partial charge in [0.1, 0.15) is 11.9 Å². The zero-order chi connectivity index (χ0) is 26.8. The molecule has 0 radical (unpaired) electrons. The first-order chi connectivity index (χ1) is 18.7. The fraction of sp³-hybridized carbons (Fsp3) is 0.0278. The van der Waals surface area contributed by atoms with Crippen molar-refractivity contribution >= 4 is 5.78 Å². The van der Waals surface area contributed by atoms with Crippen LogP contribution in [0.1, 0.15) is 21.5 Å². The van der Waals surface area contributed by atoms with Crippen LogP contribution in [-0.2, 0) is 0 Å². The Labute approximate surface area is 223 Å². The van der Waals surface area contributed by atoms with Gasteiger partial charge >= 0.3 is 0 Å². The molecular formula is C36H10O2. The summed E-state index contributed by atoms with van der Waals surface area (Å²) >= 11 is 0. The van der Waals surface area contributed by atoms with Gasteiger partial charge in [0.25, 0.3) is 0 Å². The molecule has 38 heavy (non-hydrogen) atoms. The second kappa shape index (κ2) is 14.4. The minimum absolute atomic E-state index is 0.0186. The average molecular weight is 474 g/mol. The molecule has 2 aromatic rings. The fourth-order valence-corrected chi connectivity index (χ4v) is 2.91. The summed E-state index contributed by atoms with van der Waals surface area (Å²) < 4.78 is 5.38. The van der Waals surface area contributed by atoms with Crippen molar-refractivity contribution in [1.82, 2.24) is 0 Å². The van der Waals surface area contributed by atoms with Gasteiger partial charge in [-0.15, -0.1) is 6.42 Å². The van der Waals surface area contributed by atoms with Gasteiger partial charge in [0.15, 0.2) is 5.78 Å². The number of carbonyl (C=O) groups excluding carboxylic acids is 1. The zero-order valence-electron chi connectivity index (χ0n) is 19.9. The number of aryl methyl sites for hydroxylation is 1. The lowest BCUT2D eigenvalue weighted by Gasteiger charge is -2.02. The van der Waals surface area contributed by atoms with Crippen molar-refractivity contribution in [3.63, 3.8) is 0 Å². The van der Waals surface area contributed by atoms with E-state index in [2.05, 4.69) is 125 Å². The number of carbonyl (C=O) groups is 1. The van der Waals surface area contributed by atoms with Crippen LogP contribution < -0.4 is 4.74 Å². The van der Waals surface area contributed by atoms with Crippen LogP contribution in [-0.4, -0.2) is 5.78 Å². The topological polar surface area (TPSA) is 26.3 Å². The number of ketones is 1. The minimum Gasteiger partial charge on any atom is -0.407 e. The van der Waals surface area contributed by atoms with Crippen molar-refractivity contribution in [2.24, 2.45) is 0 Å². The van der Waals surface area contributed by atoms with E-state index in [9.17, 15) is 4.79 Å². The van der Waals surface area contributed by atoms with E-state index in [1.807, 2.05) is 31.2 Å². The predicted molar refractivity (Wildman–Crippen MR) is 147 cm³/mol. The van der Waals surface area contributed by atoms with Gasteiger partial charge in [0.05, 0.1) is 0 Å². The Morgan fingerprint density at radius 1 is 0.526 bits per heavy atom. The third-order valence-electron chi connectivity index (χ3n) is 4.36. The first kappa shape index (κ1) is 25.7. The van der Waals surface area contributed by atoms with E-state index in [-0.39, 0.29) is 5.78 Å². The van der Waals surface area contributed by atoms with E-state index in [1.165, 1.54) is 0 Å². The maximum absolute atomic E-state index is 12.7. The highest BCUT2D eigenvalue weighted by Crippen LogP contribution is 2.38. The molecule has 3 rings (SSSR count). The molecule has 2 heteroatoms. The van der Waals surface area contributed by atoms with Gasteiger partial charge in [-0.3, -0.25) is 4.79 Å². The molecule has 0 N–H and O–H groups in total. The molecule has 0 bridgehead atoms. The lowest BCUT2D eigenvalue weighted by molar-refractivity contribution is 0.104. The van der Waals surface area contributed by atoms with Crippen molar-refractivity contribution in [2.45, 2.75) is 6.92 Å². The van der Waals surface area contributed by atoms with E-state index in [0.29, 0.717) is 16.9 Å². The summed E-state index contributed by atoms with van der Waals surface area (Å²) in [6, 6.07) is 11.2. The van der Waals surface area contributed by atoms with E-state index < -0.39 is 0 Å². The third-order valence-corrected chi connectivity index (χ3v) is 4.36. The highest BCUT2D eigenvalue weighted by molar-refractivity contribution is 6.21. The first-order valence-corrected chi connectivity index (χ1v) is 10.6. The van der Waals surface area contributed by atoms with Crippen molar-refractivity contribution in [3.8, 4) is 148 Å². The highest BCUT2D eigenvalue weighted by Gasteiger charge is 2.26. The molecule has 2 aromatic carbocycles. The van der Waals surface area contributed by atoms with E-state index in [1.54, 1.807) is 12.1 Å². The lowest BCUT2D eigenvalue weighted by atomic mass is 10.0. The Balaban J connectivity index is 1.47. The molecule has 166 valence electrons. The van der Waals surface area contributed by atoms with Crippen LogP contribution in [0.3, 0.4) is 0 Å². The normalized spacial score (nSPS) is 7.63. The molecule has 1 aliphatic carbocycles. The van der Waals surface area contributed by atoms with Crippen LogP contribution in [0.15, 0.2) is 36.4 Å². The van der Waals surface area contributed by atoms with Crippen LogP contribution in [0, 0.1) is 138 Å². The monoisotopic (exact) mass is 474 g/mol. The number of fused-ring (bicyclic) bond motifs is 3. The summed E-state index contributed by atoms with van der Waals surface area (Å²) in [5.74, 6) is 49.9. The Morgan fingerprint density at radius 3 is 1.45 bits per heavy atom. The molecule has 0 aromatic heterocycles. The Bertz CT molecular complexity index is 2030. The zero-order valence-corrected chi connectivity index (χ0v) is 19.9. The summed E-state index contributed by atoms with van der Waals surface area (Å²) in [4.78, 5) is 12.7. The van der Waals surface area contributed by atoms with E-state index in [0.717, 1.165) is 16.7 Å². The maximum Gasteiger partial charge on any atom is 0.194 e. The maximum atomic E-state index is 12.7. The molecule has 0 saturated carbocycles. The van der Waals surface area contributed by atoms with Crippen LogP contribution in [0.5, 0.6) is 5.75 Å². The summed E-state index contributed by atoms with van der Waals surface area (Å²) in [6.45, 7) is 1.96. The number of terminal acetylenes is 1. The van der Waals surface area contributed by atoms with E-state index >= 15 is 0 Å². The second-order valence-electron chi connectivity index (χ2n) is 6.81. The molecule has 0 fully saturated rings. The predicted octanol–water partition coefficient (Wildman–Crippen LogP) is 3.21. The van der Waals surface area contributed by atoms with Gasteiger partial charge in [-0.1, -0.05) is 17.7 Å². The molecule has 0 atom stereocenters. The van der Waals surface area contributed by atoms with Gasteiger partial charge in [0.2, 0.25) is 0 Å². The first-order valence-electron chi connectivity index (χ1n) is 10.6. The Morgan fingerprint density at radius 2 is 0.947 bits per heavy atom. The number of ether oxygens (including phenoxy) is 1. The Kier molecular flexibility index (Phi) is 9.71. The van der Waals surface area contributed by atoms with Gasteiger partial charge in [0, 0.05) is 82.2 Å². The largest absolute Gasteiger partial charge is 0.407 e. The van der Waals surface area contributed by atoms with Crippen LogP contribution in [0.4, 0.5) is 0 Å². The number of rotatable bonds is 1. The van der Waals surface area contributed by atoms with Crippen LogP contribution in [0.2, 0.25) is 0 Å². The molecule has 0 spiro atoms. The van der Waals surface area contributed by atoms with Gasteiger partial charge in [-0.25, -0.2) is 0 Å². The molecule has 0 saturated heterocycles. The number of benzene rings is 2. The standard InChI is InChI=1S/C36H10O2/c1-3-4-5-6-7-8-9-10-11-12-13-14-15-16-17-18-19-20-21-22-27-38-31-24-26-33-32-25-23-30(2)28-34(32)36(37)35(33)29-31/h1,23-26,28-29H,2H3. The minimum atomic E-state index is -0.0186. The average Bonchev–Trinajstić information content (AvgIpc) is 3.20. The van der Waals surface area contributed by atoms with Crippen molar-refractivity contribution in [1.29, 1.82) is 0 Å². The molecule has 0 unspecified atom stereocenters.